The minimum absolute atomic E-state index is 0.0621. The van der Waals surface area contributed by atoms with Crippen molar-refractivity contribution < 1.29 is 14.3 Å². The molecule has 2 aliphatic heterocycles. The van der Waals surface area contributed by atoms with Crippen molar-refractivity contribution in [3.8, 4) is 0 Å². The van der Waals surface area contributed by atoms with Crippen LogP contribution in [0, 0.1) is 0 Å². The molecule has 6 heteroatoms. The van der Waals surface area contributed by atoms with Crippen molar-refractivity contribution >= 4 is 11.9 Å². The highest BCUT2D eigenvalue weighted by atomic mass is 16.7. The van der Waals surface area contributed by atoms with E-state index in [1.165, 1.54) is 5.56 Å². The van der Waals surface area contributed by atoms with Gasteiger partial charge in [-0.25, -0.2) is 5.06 Å². The zero-order chi connectivity index (χ0) is 19.0. The maximum Gasteiger partial charge on any atom is 0.199 e. The molecule has 0 saturated carbocycles. The SMILES string of the molecule is C1=NC(NCCc2ccccc2)N(OCC2COCO2)C(c2ccccc2)=C1. The number of nitrogens with one attached hydrogen (secondary N) is 1. The largest absolute Gasteiger partial charge is 0.353 e. The molecule has 2 aromatic rings. The van der Waals surface area contributed by atoms with Crippen LogP contribution in [0.3, 0.4) is 0 Å². The van der Waals surface area contributed by atoms with E-state index in [-0.39, 0.29) is 12.4 Å². The highest BCUT2D eigenvalue weighted by Crippen LogP contribution is 2.24. The number of allylic oxidation sites excluding steroid dienone is 1. The van der Waals surface area contributed by atoms with Crippen LogP contribution in [0.2, 0.25) is 0 Å². The molecule has 2 heterocycles. The van der Waals surface area contributed by atoms with Crippen LogP contribution in [0.5, 0.6) is 0 Å². The summed E-state index contributed by atoms with van der Waals surface area (Å²) in [5.74, 6) is 0. The van der Waals surface area contributed by atoms with Crippen molar-refractivity contribution in [1.82, 2.24) is 10.4 Å². The summed E-state index contributed by atoms with van der Waals surface area (Å²) in [6.07, 6.45) is 4.36. The summed E-state index contributed by atoms with van der Waals surface area (Å²) in [6.45, 7) is 2.08. The molecule has 0 radical (unpaired) electrons. The smallest absolute Gasteiger partial charge is 0.199 e. The molecule has 0 spiro atoms. The second kappa shape index (κ2) is 9.61. The lowest BCUT2D eigenvalue weighted by Crippen LogP contribution is -2.46. The molecule has 2 unspecified atom stereocenters. The average molecular weight is 379 g/mol. The number of aliphatic imine (C=N–C) groups is 1. The van der Waals surface area contributed by atoms with E-state index >= 15 is 0 Å². The first-order chi connectivity index (χ1) is 13.9. The molecule has 1 saturated heterocycles. The first-order valence-corrected chi connectivity index (χ1v) is 9.58. The third kappa shape index (κ3) is 4.85. The van der Waals surface area contributed by atoms with E-state index in [9.17, 15) is 0 Å². The highest BCUT2D eigenvalue weighted by Gasteiger charge is 2.26. The van der Waals surface area contributed by atoms with Gasteiger partial charge in [0.2, 0.25) is 0 Å². The van der Waals surface area contributed by atoms with Crippen LogP contribution in [0.4, 0.5) is 0 Å². The number of hydrogen-bond donors (Lipinski definition) is 1. The van der Waals surface area contributed by atoms with Gasteiger partial charge in [0, 0.05) is 18.3 Å². The monoisotopic (exact) mass is 379 g/mol. The Labute approximate surface area is 165 Å². The van der Waals surface area contributed by atoms with Gasteiger partial charge in [0.05, 0.1) is 12.3 Å². The zero-order valence-electron chi connectivity index (χ0n) is 15.7. The lowest BCUT2D eigenvalue weighted by Gasteiger charge is -2.34. The summed E-state index contributed by atoms with van der Waals surface area (Å²) in [5.41, 5.74) is 3.33. The molecule has 146 valence electrons. The number of hydroxylamine groups is 2. The molecule has 1 fully saturated rings. The maximum absolute atomic E-state index is 6.13. The van der Waals surface area contributed by atoms with Gasteiger partial charge in [-0.15, -0.1) is 0 Å². The fourth-order valence-corrected chi connectivity index (χ4v) is 3.19. The Balaban J connectivity index is 1.43. The number of ether oxygens (including phenoxy) is 2. The molecule has 0 bridgehead atoms. The predicted molar refractivity (Wildman–Crippen MR) is 108 cm³/mol. The summed E-state index contributed by atoms with van der Waals surface area (Å²) in [5, 5.41) is 5.32. The molecular weight excluding hydrogens is 354 g/mol. The van der Waals surface area contributed by atoms with Gasteiger partial charge in [0.1, 0.15) is 19.5 Å². The molecule has 2 aliphatic rings. The molecule has 6 nitrogen and oxygen atoms in total. The van der Waals surface area contributed by atoms with Crippen molar-refractivity contribution in [2.24, 2.45) is 4.99 Å². The van der Waals surface area contributed by atoms with Gasteiger partial charge in [-0.05, 0) is 18.1 Å². The van der Waals surface area contributed by atoms with Crippen LogP contribution in [0.15, 0.2) is 71.7 Å². The molecule has 0 aromatic heterocycles. The van der Waals surface area contributed by atoms with Gasteiger partial charge in [0.15, 0.2) is 6.29 Å². The second-order valence-corrected chi connectivity index (χ2v) is 6.68. The van der Waals surface area contributed by atoms with Crippen LogP contribution < -0.4 is 5.32 Å². The Morgan fingerprint density at radius 1 is 1.07 bits per heavy atom. The fourth-order valence-electron chi connectivity index (χ4n) is 3.19. The number of hydrogen-bond acceptors (Lipinski definition) is 6. The molecule has 0 amide bonds. The van der Waals surface area contributed by atoms with Crippen LogP contribution in [-0.4, -0.2) is 50.2 Å². The molecule has 28 heavy (non-hydrogen) atoms. The van der Waals surface area contributed by atoms with Crippen LogP contribution >= 0.6 is 0 Å². The van der Waals surface area contributed by atoms with Crippen LogP contribution in [0.25, 0.3) is 5.70 Å². The highest BCUT2D eigenvalue weighted by molar-refractivity contribution is 5.85. The first-order valence-electron chi connectivity index (χ1n) is 9.58. The zero-order valence-corrected chi connectivity index (χ0v) is 15.7. The van der Waals surface area contributed by atoms with Crippen molar-refractivity contribution in [3.63, 3.8) is 0 Å². The van der Waals surface area contributed by atoms with E-state index in [1.807, 2.05) is 41.6 Å². The van der Waals surface area contributed by atoms with E-state index in [1.54, 1.807) is 0 Å². The summed E-state index contributed by atoms with van der Waals surface area (Å²) < 4.78 is 10.8. The van der Waals surface area contributed by atoms with Crippen molar-refractivity contribution in [1.29, 1.82) is 0 Å². The molecular formula is C22H25N3O3. The quantitative estimate of drug-likeness (QED) is 0.764. The van der Waals surface area contributed by atoms with E-state index in [2.05, 4.69) is 46.7 Å². The third-order valence-electron chi connectivity index (χ3n) is 4.66. The second-order valence-electron chi connectivity index (χ2n) is 6.68. The number of benzene rings is 2. The normalized spacial score (nSPS) is 21.7. The summed E-state index contributed by atoms with van der Waals surface area (Å²) >= 11 is 0. The van der Waals surface area contributed by atoms with Gasteiger partial charge in [-0.2, -0.15) is 0 Å². The van der Waals surface area contributed by atoms with Gasteiger partial charge < -0.3 is 9.47 Å². The van der Waals surface area contributed by atoms with Gasteiger partial charge >= 0.3 is 0 Å². The lowest BCUT2D eigenvalue weighted by molar-refractivity contribution is -0.164. The Morgan fingerprint density at radius 2 is 1.86 bits per heavy atom. The minimum Gasteiger partial charge on any atom is -0.353 e. The number of rotatable bonds is 8. The van der Waals surface area contributed by atoms with Crippen molar-refractivity contribution in [2.75, 3.05) is 26.6 Å². The topological polar surface area (TPSA) is 55.3 Å². The fraction of sp³-hybridized carbons (Fsp3) is 0.318. The lowest BCUT2D eigenvalue weighted by atomic mass is 10.1. The summed E-state index contributed by atoms with van der Waals surface area (Å²) in [4.78, 5) is 10.7. The summed E-state index contributed by atoms with van der Waals surface area (Å²) in [6, 6.07) is 20.6. The predicted octanol–water partition coefficient (Wildman–Crippen LogP) is 2.83. The summed E-state index contributed by atoms with van der Waals surface area (Å²) in [7, 11) is 0. The van der Waals surface area contributed by atoms with E-state index in [4.69, 9.17) is 14.3 Å². The standard InChI is InChI=1S/C22H25N3O3/c1-3-7-18(8-4-1)11-13-23-22-24-14-12-21(19-9-5-2-6-10-19)25(22)28-16-20-15-26-17-27-20/h1-10,12,14,20,22-23H,11,13,15-17H2. The third-order valence-corrected chi connectivity index (χ3v) is 4.66. The van der Waals surface area contributed by atoms with Gasteiger partial charge in [0.25, 0.3) is 0 Å². The van der Waals surface area contributed by atoms with E-state index in [0.717, 1.165) is 24.2 Å². The van der Waals surface area contributed by atoms with Gasteiger partial charge in [-0.1, -0.05) is 60.7 Å². The molecule has 1 N–H and O–H groups in total. The van der Waals surface area contributed by atoms with Gasteiger partial charge in [-0.3, -0.25) is 15.1 Å². The van der Waals surface area contributed by atoms with Crippen LogP contribution in [0.1, 0.15) is 11.1 Å². The van der Waals surface area contributed by atoms with E-state index in [0.29, 0.717) is 20.0 Å². The Bertz CT molecular complexity index is 789. The van der Waals surface area contributed by atoms with Crippen LogP contribution in [-0.2, 0) is 20.7 Å². The van der Waals surface area contributed by atoms with E-state index < -0.39 is 0 Å². The molecule has 4 rings (SSSR count). The average Bonchev–Trinajstić information content (AvgIpc) is 3.28. The number of nitrogens with zero attached hydrogens (tertiary/aromatic N) is 2. The first kappa shape index (κ1) is 18.8. The minimum atomic E-state index is -0.300. The Kier molecular flexibility index (Phi) is 6.47. The van der Waals surface area contributed by atoms with Crippen molar-refractivity contribution in [3.05, 3.63) is 77.9 Å². The Hall–Kier alpha value is -2.51. The maximum atomic E-state index is 6.13. The molecule has 0 aliphatic carbocycles. The van der Waals surface area contributed by atoms with Crippen molar-refractivity contribution in [2.45, 2.75) is 18.8 Å². The Morgan fingerprint density at radius 3 is 2.61 bits per heavy atom. The molecule has 2 atom stereocenters. The molecule has 2 aromatic carbocycles.